The highest BCUT2D eigenvalue weighted by molar-refractivity contribution is 9.10. The minimum Gasteiger partial charge on any atom is -0.306 e. The molecule has 1 heterocycles. The van der Waals surface area contributed by atoms with Crippen molar-refractivity contribution >= 4 is 27.7 Å². The molecule has 0 saturated heterocycles. The van der Waals surface area contributed by atoms with Gasteiger partial charge in [-0.25, -0.2) is 9.37 Å². The molecule has 0 saturated carbocycles. The molecule has 0 unspecified atom stereocenters. The Morgan fingerprint density at radius 1 is 1.24 bits per heavy atom. The summed E-state index contributed by atoms with van der Waals surface area (Å²) in [5, 5.41) is 2.34. The molecule has 0 spiro atoms. The molecular weight excluding hydrogens is 356 g/mol. The second-order valence-corrected chi connectivity index (χ2v) is 4.83. The second-order valence-electron chi connectivity index (χ2n) is 3.98. The third-order valence-corrected chi connectivity index (χ3v) is 3.16. The van der Waals surface area contributed by atoms with E-state index >= 15 is 0 Å². The predicted octanol–water partition coefficient (Wildman–Crippen LogP) is 4.25. The lowest BCUT2D eigenvalue weighted by molar-refractivity contribution is -0.140. The van der Waals surface area contributed by atoms with Crippen molar-refractivity contribution in [1.29, 1.82) is 0 Å². The van der Waals surface area contributed by atoms with Gasteiger partial charge in [-0.3, -0.25) is 4.79 Å². The Hall–Kier alpha value is -1.96. The summed E-state index contributed by atoms with van der Waals surface area (Å²) < 4.78 is 51.4. The maximum absolute atomic E-state index is 13.1. The van der Waals surface area contributed by atoms with Crippen molar-refractivity contribution in [3.63, 3.8) is 0 Å². The summed E-state index contributed by atoms with van der Waals surface area (Å²) in [4.78, 5) is 15.8. The maximum atomic E-state index is 13.1. The molecule has 1 amide bonds. The summed E-state index contributed by atoms with van der Waals surface area (Å²) >= 11 is 3.14. The van der Waals surface area contributed by atoms with Gasteiger partial charge in [0, 0.05) is 11.8 Å². The summed E-state index contributed by atoms with van der Waals surface area (Å²) in [7, 11) is 0. The molecule has 2 aromatic rings. The van der Waals surface area contributed by atoms with Crippen molar-refractivity contribution in [2.45, 2.75) is 6.18 Å². The van der Waals surface area contributed by atoms with Gasteiger partial charge in [0.15, 0.2) is 0 Å². The lowest BCUT2D eigenvalue weighted by Crippen LogP contribution is -2.16. The van der Waals surface area contributed by atoms with Crippen LogP contribution in [0.3, 0.4) is 0 Å². The molecule has 0 bridgehead atoms. The number of carbonyl (C=O) groups is 1. The summed E-state index contributed by atoms with van der Waals surface area (Å²) in [6, 6.07) is 5.25. The Labute approximate surface area is 125 Å². The van der Waals surface area contributed by atoms with E-state index in [0.717, 1.165) is 6.07 Å². The van der Waals surface area contributed by atoms with Gasteiger partial charge in [0.2, 0.25) is 0 Å². The van der Waals surface area contributed by atoms with Crippen LogP contribution in [0.5, 0.6) is 0 Å². The number of alkyl halides is 3. The molecule has 0 fully saturated rings. The van der Waals surface area contributed by atoms with Crippen molar-refractivity contribution in [1.82, 2.24) is 4.98 Å². The first kappa shape index (κ1) is 15.4. The number of pyridine rings is 1. The quantitative estimate of drug-likeness (QED) is 0.811. The SMILES string of the molecule is O=C(Nc1ncccc1Br)c1ccc(F)c(C(F)(F)F)c1. The van der Waals surface area contributed by atoms with E-state index in [-0.39, 0.29) is 11.4 Å². The molecule has 0 radical (unpaired) electrons. The Morgan fingerprint density at radius 2 is 1.95 bits per heavy atom. The molecule has 1 N–H and O–H groups in total. The van der Waals surface area contributed by atoms with Crippen LogP contribution < -0.4 is 5.32 Å². The number of amides is 1. The number of hydrogen-bond acceptors (Lipinski definition) is 2. The van der Waals surface area contributed by atoms with Crippen molar-refractivity contribution in [3.8, 4) is 0 Å². The molecule has 0 atom stereocenters. The molecule has 110 valence electrons. The Kier molecular flexibility index (Phi) is 4.26. The zero-order valence-corrected chi connectivity index (χ0v) is 11.8. The van der Waals surface area contributed by atoms with Crippen molar-refractivity contribution in [2.24, 2.45) is 0 Å². The number of rotatable bonds is 2. The number of halogens is 5. The largest absolute Gasteiger partial charge is 0.419 e. The topological polar surface area (TPSA) is 42.0 Å². The molecule has 1 aromatic heterocycles. The van der Waals surface area contributed by atoms with Crippen molar-refractivity contribution in [2.75, 3.05) is 5.32 Å². The zero-order valence-electron chi connectivity index (χ0n) is 10.2. The fraction of sp³-hybridized carbons (Fsp3) is 0.0769. The van der Waals surface area contributed by atoms with Crippen LogP contribution in [0.4, 0.5) is 23.4 Å². The van der Waals surface area contributed by atoms with E-state index in [2.05, 4.69) is 26.2 Å². The number of carbonyl (C=O) groups excluding carboxylic acids is 1. The third kappa shape index (κ3) is 3.57. The summed E-state index contributed by atoms with van der Waals surface area (Å²) in [6.07, 6.45) is -3.46. The highest BCUT2D eigenvalue weighted by Gasteiger charge is 2.34. The van der Waals surface area contributed by atoms with Crippen LogP contribution in [0.1, 0.15) is 15.9 Å². The molecule has 0 aliphatic rings. The highest BCUT2D eigenvalue weighted by atomic mass is 79.9. The first-order valence-corrected chi connectivity index (χ1v) is 6.37. The number of nitrogens with zero attached hydrogens (tertiary/aromatic N) is 1. The number of hydrogen-bond donors (Lipinski definition) is 1. The molecule has 0 aliphatic carbocycles. The Balaban J connectivity index is 2.31. The molecular formula is C13H7BrF4N2O. The first-order valence-electron chi connectivity index (χ1n) is 5.57. The van der Waals surface area contributed by atoms with Gasteiger partial charge < -0.3 is 5.32 Å². The Bertz CT molecular complexity index is 688. The van der Waals surface area contributed by atoms with Gasteiger partial charge in [-0.2, -0.15) is 13.2 Å². The zero-order chi connectivity index (χ0) is 15.6. The van der Waals surface area contributed by atoms with Gasteiger partial charge in [-0.15, -0.1) is 0 Å². The fourth-order valence-electron chi connectivity index (χ4n) is 1.54. The van der Waals surface area contributed by atoms with E-state index in [1.807, 2.05) is 0 Å². The number of nitrogens with one attached hydrogen (secondary N) is 1. The van der Waals surface area contributed by atoms with Gasteiger partial charge in [-0.05, 0) is 46.3 Å². The average Bonchev–Trinajstić information content (AvgIpc) is 2.40. The lowest BCUT2D eigenvalue weighted by Gasteiger charge is -2.10. The van der Waals surface area contributed by atoms with Crippen LogP contribution in [-0.2, 0) is 6.18 Å². The van der Waals surface area contributed by atoms with Gasteiger partial charge in [0.1, 0.15) is 11.6 Å². The number of aromatic nitrogens is 1. The highest BCUT2D eigenvalue weighted by Crippen LogP contribution is 2.32. The van der Waals surface area contributed by atoms with E-state index < -0.39 is 23.5 Å². The summed E-state index contributed by atoms with van der Waals surface area (Å²) in [5.41, 5.74) is -1.81. The van der Waals surface area contributed by atoms with Gasteiger partial charge >= 0.3 is 6.18 Å². The Morgan fingerprint density at radius 3 is 2.57 bits per heavy atom. The predicted molar refractivity (Wildman–Crippen MR) is 71.3 cm³/mol. The van der Waals surface area contributed by atoms with Crippen LogP contribution in [0.2, 0.25) is 0 Å². The van der Waals surface area contributed by atoms with Crippen molar-refractivity contribution in [3.05, 3.63) is 57.9 Å². The summed E-state index contributed by atoms with van der Waals surface area (Å²) in [5.74, 6) is -2.10. The van der Waals surface area contributed by atoms with Gasteiger partial charge in [0.05, 0.1) is 10.0 Å². The minimum absolute atomic E-state index is 0.153. The standard InChI is InChI=1S/C13H7BrF4N2O/c14-9-2-1-5-19-11(9)20-12(21)7-3-4-10(15)8(6-7)13(16,17)18/h1-6H,(H,19,20,21). The van der Waals surface area contributed by atoms with Crippen molar-refractivity contribution < 1.29 is 22.4 Å². The maximum Gasteiger partial charge on any atom is 0.419 e. The molecule has 0 aliphatic heterocycles. The van der Waals surface area contributed by atoms with E-state index in [0.29, 0.717) is 16.6 Å². The van der Waals surface area contributed by atoms with Crippen LogP contribution in [0.15, 0.2) is 41.0 Å². The molecule has 3 nitrogen and oxygen atoms in total. The van der Waals surface area contributed by atoms with Crippen LogP contribution in [0.25, 0.3) is 0 Å². The monoisotopic (exact) mass is 362 g/mol. The van der Waals surface area contributed by atoms with E-state index in [1.165, 1.54) is 6.20 Å². The molecule has 8 heteroatoms. The number of anilines is 1. The molecule has 21 heavy (non-hydrogen) atoms. The molecule has 1 aromatic carbocycles. The minimum atomic E-state index is -4.87. The third-order valence-electron chi connectivity index (χ3n) is 2.52. The van der Waals surface area contributed by atoms with E-state index in [1.54, 1.807) is 12.1 Å². The second kappa shape index (κ2) is 5.80. The summed E-state index contributed by atoms with van der Waals surface area (Å²) in [6.45, 7) is 0. The van der Waals surface area contributed by atoms with Gasteiger partial charge in [0.25, 0.3) is 5.91 Å². The van der Waals surface area contributed by atoms with Gasteiger partial charge in [-0.1, -0.05) is 0 Å². The van der Waals surface area contributed by atoms with Crippen LogP contribution in [-0.4, -0.2) is 10.9 Å². The average molecular weight is 363 g/mol. The van der Waals surface area contributed by atoms with Crippen LogP contribution >= 0.6 is 15.9 Å². The fourth-order valence-corrected chi connectivity index (χ4v) is 1.90. The first-order chi connectivity index (χ1) is 9.79. The van der Waals surface area contributed by atoms with Crippen LogP contribution in [0, 0.1) is 5.82 Å². The van der Waals surface area contributed by atoms with E-state index in [9.17, 15) is 22.4 Å². The lowest BCUT2D eigenvalue weighted by atomic mass is 10.1. The number of benzene rings is 1. The molecule has 2 rings (SSSR count). The normalized spacial score (nSPS) is 11.3. The van der Waals surface area contributed by atoms with E-state index in [4.69, 9.17) is 0 Å². The smallest absolute Gasteiger partial charge is 0.306 e.